The van der Waals surface area contributed by atoms with Crippen molar-refractivity contribution in [2.45, 2.75) is 37.6 Å². The van der Waals surface area contributed by atoms with Gasteiger partial charge in [0, 0.05) is 6.04 Å². The molecule has 1 nitrogen and oxygen atoms in total. The van der Waals surface area contributed by atoms with Crippen LogP contribution in [0.25, 0.3) is 0 Å². The van der Waals surface area contributed by atoms with Gasteiger partial charge in [0.2, 0.25) is 0 Å². The summed E-state index contributed by atoms with van der Waals surface area (Å²) in [6, 6.07) is 6.54. The van der Waals surface area contributed by atoms with E-state index >= 15 is 0 Å². The molecule has 0 spiro atoms. The average Bonchev–Trinajstić information content (AvgIpc) is 2.65. The minimum Gasteiger partial charge on any atom is -0.317 e. The van der Waals surface area contributed by atoms with Gasteiger partial charge in [-0.1, -0.05) is 42.3 Å². The van der Waals surface area contributed by atoms with E-state index in [4.69, 9.17) is 23.2 Å². The first kappa shape index (κ1) is 12.2. The molecule has 1 N–H and O–H groups in total. The summed E-state index contributed by atoms with van der Waals surface area (Å²) in [5.41, 5.74) is 1.36. The van der Waals surface area contributed by atoms with Crippen LogP contribution < -0.4 is 5.32 Å². The Labute approximate surface area is 107 Å². The summed E-state index contributed by atoms with van der Waals surface area (Å²) in [7, 11) is 2.02. The topological polar surface area (TPSA) is 12.0 Å². The second-order valence-corrected chi connectivity index (χ2v) is 5.68. The Balaban J connectivity index is 2.34. The Morgan fingerprint density at radius 2 is 2.12 bits per heavy atom. The highest BCUT2D eigenvalue weighted by Gasteiger charge is 2.37. The van der Waals surface area contributed by atoms with Gasteiger partial charge in [0.1, 0.15) is 0 Å². The third kappa shape index (κ3) is 2.09. The van der Waals surface area contributed by atoms with E-state index in [0.717, 1.165) is 11.4 Å². The fourth-order valence-electron chi connectivity index (χ4n) is 2.70. The molecular formula is C13H17Cl2N. The van der Waals surface area contributed by atoms with E-state index in [-0.39, 0.29) is 5.41 Å². The zero-order chi connectivity index (χ0) is 11.8. The zero-order valence-corrected chi connectivity index (χ0v) is 11.2. The van der Waals surface area contributed by atoms with Crippen LogP contribution in [0, 0.1) is 0 Å². The first-order chi connectivity index (χ1) is 7.57. The van der Waals surface area contributed by atoms with Crippen LogP contribution in [0.2, 0.25) is 10.0 Å². The lowest BCUT2D eigenvalue weighted by atomic mass is 9.81. The molecule has 2 rings (SSSR count). The van der Waals surface area contributed by atoms with E-state index in [9.17, 15) is 0 Å². The molecule has 1 aromatic carbocycles. The number of halogens is 2. The first-order valence-corrected chi connectivity index (χ1v) is 6.44. The standard InChI is InChI=1S/C13H17Cl2N/c1-13(7-6-9(8-13)16-2)10-4-3-5-11(14)12(10)15/h3-5,9,16H,6-8H2,1-2H3. The smallest absolute Gasteiger partial charge is 0.0629 e. The number of nitrogens with one attached hydrogen (secondary N) is 1. The minimum atomic E-state index is 0.162. The van der Waals surface area contributed by atoms with Gasteiger partial charge in [0.25, 0.3) is 0 Å². The third-order valence-corrected chi connectivity index (χ3v) is 4.57. The lowest BCUT2D eigenvalue weighted by Gasteiger charge is -2.26. The van der Waals surface area contributed by atoms with Crippen LogP contribution in [0.5, 0.6) is 0 Å². The maximum atomic E-state index is 6.30. The van der Waals surface area contributed by atoms with Crippen molar-refractivity contribution in [1.29, 1.82) is 0 Å². The minimum absolute atomic E-state index is 0.162. The maximum Gasteiger partial charge on any atom is 0.0629 e. The number of rotatable bonds is 2. The SMILES string of the molecule is CNC1CCC(C)(c2cccc(Cl)c2Cl)C1. The molecule has 0 aliphatic heterocycles. The predicted octanol–water partition coefficient (Wildman–Crippen LogP) is 4.02. The van der Waals surface area contributed by atoms with Crippen molar-refractivity contribution in [1.82, 2.24) is 5.32 Å². The molecule has 0 amide bonds. The summed E-state index contributed by atoms with van der Waals surface area (Å²) in [6.45, 7) is 2.28. The molecule has 1 aliphatic carbocycles. The molecule has 2 atom stereocenters. The van der Waals surface area contributed by atoms with E-state index < -0.39 is 0 Å². The molecular weight excluding hydrogens is 241 g/mol. The van der Waals surface area contributed by atoms with E-state index in [1.165, 1.54) is 18.4 Å². The lowest BCUT2D eigenvalue weighted by molar-refractivity contribution is 0.467. The van der Waals surface area contributed by atoms with Gasteiger partial charge >= 0.3 is 0 Å². The van der Waals surface area contributed by atoms with E-state index in [1.54, 1.807) is 0 Å². The molecule has 2 unspecified atom stereocenters. The molecule has 1 aromatic rings. The van der Waals surface area contributed by atoms with Crippen LogP contribution in [0.4, 0.5) is 0 Å². The highest BCUT2D eigenvalue weighted by atomic mass is 35.5. The Morgan fingerprint density at radius 1 is 1.38 bits per heavy atom. The molecule has 1 saturated carbocycles. The molecule has 88 valence electrons. The second-order valence-electron chi connectivity index (χ2n) is 4.89. The fraction of sp³-hybridized carbons (Fsp3) is 0.538. The largest absolute Gasteiger partial charge is 0.317 e. The fourth-order valence-corrected chi connectivity index (χ4v) is 3.23. The van der Waals surface area contributed by atoms with Gasteiger partial charge in [0.05, 0.1) is 10.0 Å². The van der Waals surface area contributed by atoms with Crippen molar-refractivity contribution < 1.29 is 0 Å². The summed E-state index contributed by atoms with van der Waals surface area (Å²) >= 11 is 12.4. The monoisotopic (exact) mass is 257 g/mol. The first-order valence-electron chi connectivity index (χ1n) is 5.68. The van der Waals surface area contributed by atoms with Crippen LogP contribution in [0.1, 0.15) is 31.7 Å². The van der Waals surface area contributed by atoms with Crippen LogP contribution in [-0.2, 0) is 5.41 Å². The summed E-state index contributed by atoms with van der Waals surface area (Å²) < 4.78 is 0. The van der Waals surface area contributed by atoms with Crippen molar-refractivity contribution in [3.8, 4) is 0 Å². The van der Waals surface area contributed by atoms with E-state index in [2.05, 4.69) is 18.3 Å². The van der Waals surface area contributed by atoms with Crippen molar-refractivity contribution in [2.24, 2.45) is 0 Å². The quantitative estimate of drug-likeness (QED) is 0.844. The van der Waals surface area contributed by atoms with Gasteiger partial charge in [0.15, 0.2) is 0 Å². The van der Waals surface area contributed by atoms with Gasteiger partial charge in [-0.3, -0.25) is 0 Å². The van der Waals surface area contributed by atoms with Crippen LogP contribution >= 0.6 is 23.2 Å². The van der Waals surface area contributed by atoms with E-state index in [0.29, 0.717) is 11.1 Å². The van der Waals surface area contributed by atoms with Crippen molar-refractivity contribution in [3.63, 3.8) is 0 Å². The average molecular weight is 258 g/mol. The van der Waals surface area contributed by atoms with Gasteiger partial charge in [-0.25, -0.2) is 0 Å². The molecule has 0 radical (unpaired) electrons. The molecule has 1 aliphatic rings. The Bertz CT molecular complexity index is 392. The van der Waals surface area contributed by atoms with Crippen molar-refractivity contribution in [3.05, 3.63) is 33.8 Å². The van der Waals surface area contributed by atoms with Gasteiger partial charge in [-0.15, -0.1) is 0 Å². The molecule has 0 aromatic heterocycles. The summed E-state index contributed by atoms with van der Waals surface area (Å²) in [4.78, 5) is 0. The van der Waals surface area contributed by atoms with Crippen LogP contribution in [-0.4, -0.2) is 13.1 Å². The molecule has 16 heavy (non-hydrogen) atoms. The molecule has 0 bridgehead atoms. The lowest BCUT2D eigenvalue weighted by Crippen LogP contribution is -2.25. The molecule has 3 heteroatoms. The summed E-state index contributed by atoms with van der Waals surface area (Å²) in [5.74, 6) is 0. The van der Waals surface area contributed by atoms with Crippen molar-refractivity contribution in [2.75, 3.05) is 7.05 Å². The van der Waals surface area contributed by atoms with Gasteiger partial charge in [-0.2, -0.15) is 0 Å². The van der Waals surface area contributed by atoms with Crippen molar-refractivity contribution >= 4 is 23.2 Å². The number of benzene rings is 1. The summed E-state index contributed by atoms with van der Waals surface area (Å²) in [5, 5.41) is 4.73. The molecule has 1 fully saturated rings. The van der Waals surface area contributed by atoms with Crippen LogP contribution in [0.3, 0.4) is 0 Å². The maximum absolute atomic E-state index is 6.30. The zero-order valence-electron chi connectivity index (χ0n) is 9.69. The van der Waals surface area contributed by atoms with Crippen LogP contribution in [0.15, 0.2) is 18.2 Å². The Hall–Kier alpha value is -0.240. The highest BCUT2D eigenvalue weighted by molar-refractivity contribution is 6.42. The Morgan fingerprint density at radius 3 is 2.75 bits per heavy atom. The third-order valence-electron chi connectivity index (χ3n) is 3.75. The molecule has 0 heterocycles. The number of hydrogen-bond donors (Lipinski definition) is 1. The van der Waals surface area contributed by atoms with Gasteiger partial charge < -0.3 is 5.32 Å². The number of hydrogen-bond acceptors (Lipinski definition) is 1. The molecule has 0 saturated heterocycles. The highest BCUT2D eigenvalue weighted by Crippen LogP contribution is 2.44. The Kier molecular flexibility index (Phi) is 3.48. The summed E-state index contributed by atoms with van der Waals surface area (Å²) in [6.07, 6.45) is 3.50. The van der Waals surface area contributed by atoms with Gasteiger partial charge in [-0.05, 0) is 43.4 Å². The second kappa shape index (κ2) is 4.56. The normalized spacial score (nSPS) is 29.6. The predicted molar refractivity (Wildman–Crippen MR) is 70.5 cm³/mol. The van der Waals surface area contributed by atoms with E-state index in [1.807, 2.05) is 19.2 Å².